The molecule has 7 heteroatoms. The zero-order chi connectivity index (χ0) is 25.5. The van der Waals surface area contributed by atoms with Crippen LogP contribution in [0.5, 0.6) is 0 Å². The Hall–Kier alpha value is -3.81. The number of rotatable bonds is 10. The van der Waals surface area contributed by atoms with Gasteiger partial charge in [0.15, 0.2) is 17.7 Å². The van der Waals surface area contributed by atoms with Crippen molar-refractivity contribution in [2.45, 2.75) is 44.4 Å². The van der Waals surface area contributed by atoms with E-state index >= 15 is 0 Å². The van der Waals surface area contributed by atoms with Gasteiger partial charge in [-0.15, -0.1) is 0 Å². The Morgan fingerprint density at radius 2 is 1.47 bits per heavy atom. The molecule has 0 saturated carbocycles. The number of ether oxygens (including phenoxy) is 4. The largest absolute Gasteiger partial charge is 0.458 e. The molecule has 1 heterocycles. The van der Waals surface area contributed by atoms with E-state index in [2.05, 4.69) is 0 Å². The van der Waals surface area contributed by atoms with E-state index in [0.717, 1.165) is 11.1 Å². The van der Waals surface area contributed by atoms with Crippen LogP contribution in [0.3, 0.4) is 0 Å². The second kappa shape index (κ2) is 11.3. The SMILES string of the molecule is CC1(C)O[C@H]([C@@H](COC(=O)c2ccccc2)OC=O)[C@@H](CC(=O)c2ccc(-c3ccccc3)cc2)O1. The first kappa shape index (κ1) is 25.3. The molecule has 3 aromatic rings. The number of Topliss-reactive ketones (excluding diaryl/α,β-unsaturated/α-hetero) is 1. The first-order chi connectivity index (χ1) is 17.4. The second-order valence-electron chi connectivity index (χ2n) is 8.94. The normalized spacial score (nSPS) is 19.3. The van der Waals surface area contributed by atoms with Crippen molar-refractivity contribution in [2.75, 3.05) is 6.61 Å². The Balaban J connectivity index is 1.45. The molecule has 0 aromatic heterocycles. The highest BCUT2D eigenvalue weighted by atomic mass is 16.8. The molecule has 186 valence electrons. The van der Waals surface area contributed by atoms with Crippen molar-refractivity contribution in [3.63, 3.8) is 0 Å². The number of hydrogen-bond acceptors (Lipinski definition) is 7. The molecular weight excluding hydrogens is 460 g/mol. The molecule has 4 rings (SSSR count). The van der Waals surface area contributed by atoms with Gasteiger partial charge in [-0.3, -0.25) is 9.59 Å². The average molecular weight is 489 g/mol. The lowest BCUT2D eigenvalue weighted by Crippen LogP contribution is -2.41. The molecule has 0 bridgehead atoms. The zero-order valence-corrected chi connectivity index (χ0v) is 20.2. The third kappa shape index (κ3) is 6.24. The van der Waals surface area contributed by atoms with Gasteiger partial charge < -0.3 is 18.9 Å². The van der Waals surface area contributed by atoms with Crippen LogP contribution in [0, 0.1) is 0 Å². The maximum atomic E-state index is 13.1. The van der Waals surface area contributed by atoms with Crippen LogP contribution in [0.4, 0.5) is 0 Å². The number of benzene rings is 3. The van der Waals surface area contributed by atoms with Crippen LogP contribution in [-0.4, -0.2) is 48.9 Å². The summed E-state index contributed by atoms with van der Waals surface area (Å²) >= 11 is 0. The summed E-state index contributed by atoms with van der Waals surface area (Å²) in [7, 11) is 0. The topological polar surface area (TPSA) is 88.1 Å². The Kier molecular flexibility index (Phi) is 7.93. The molecule has 0 amide bonds. The highest BCUT2D eigenvalue weighted by molar-refractivity contribution is 5.97. The lowest BCUT2D eigenvalue weighted by Gasteiger charge is -2.24. The van der Waals surface area contributed by atoms with Gasteiger partial charge in [0.1, 0.15) is 12.7 Å². The molecule has 0 spiro atoms. The van der Waals surface area contributed by atoms with Crippen LogP contribution in [0.1, 0.15) is 41.0 Å². The van der Waals surface area contributed by atoms with Crippen molar-refractivity contribution in [1.82, 2.24) is 0 Å². The summed E-state index contributed by atoms with van der Waals surface area (Å²) in [5.74, 6) is -1.71. The van der Waals surface area contributed by atoms with Crippen LogP contribution in [0.15, 0.2) is 84.9 Å². The fourth-order valence-electron chi connectivity index (χ4n) is 4.21. The lowest BCUT2D eigenvalue weighted by molar-refractivity contribution is -0.167. The minimum Gasteiger partial charge on any atom is -0.458 e. The Morgan fingerprint density at radius 3 is 2.11 bits per heavy atom. The monoisotopic (exact) mass is 488 g/mol. The number of carbonyl (C=O) groups excluding carboxylic acids is 3. The molecule has 0 radical (unpaired) electrons. The summed E-state index contributed by atoms with van der Waals surface area (Å²) in [6.45, 7) is 3.46. The van der Waals surface area contributed by atoms with Gasteiger partial charge in [0, 0.05) is 12.0 Å². The van der Waals surface area contributed by atoms with Crippen LogP contribution < -0.4 is 0 Å². The fourth-order valence-corrected chi connectivity index (χ4v) is 4.21. The van der Waals surface area contributed by atoms with E-state index in [1.54, 1.807) is 56.3 Å². The van der Waals surface area contributed by atoms with E-state index in [0.29, 0.717) is 11.1 Å². The van der Waals surface area contributed by atoms with Gasteiger partial charge in [-0.2, -0.15) is 0 Å². The molecule has 1 fully saturated rings. The fraction of sp³-hybridized carbons (Fsp3) is 0.276. The first-order valence-corrected chi connectivity index (χ1v) is 11.7. The third-order valence-electron chi connectivity index (χ3n) is 5.91. The number of hydrogen-bond donors (Lipinski definition) is 0. The molecule has 1 aliphatic heterocycles. The molecule has 3 atom stereocenters. The van der Waals surface area contributed by atoms with Crippen LogP contribution in [0.2, 0.25) is 0 Å². The molecule has 3 aromatic carbocycles. The van der Waals surface area contributed by atoms with E-state index in [9.17, 15) is 14.4 Å². The zero-order valence-electron chi connectivity index (χ0n) is 20.2. The smallest absolute Gasteiger partial charge is 0.338 e. The van der Waals surface area contributed by atoms with Gasteiger partial charge in [0.2, 0.25) is 0 Å². The van der Waals surface area contributed by atoms with Crippen molar-refractivity contribution in [2.24, 2.45) is 0 Å². The van der Waals surface area contributed by atoms with Crippen LogP contribution >= 0.6 is 0 Å². The quantitative estimate of drug-likeness (QED) is 0.229. The predicted molar refractivity (Wildman–Crippen MR) is 132 cm³/mol. The van der Waals surface area contributed by atoms with E-state index < -0.39 is 30.1 Å². The maximum absolute atomic E-state index is 13.1. The molecular formula is C29H28O7. The highest BCUT2D eigenvalue weighted by Crippen LogP contribution is 2.33. The summed E-state index contributed by atoms with van der Waals surface area (Å²) in [6.07, 6.45) is -2.46. The van der Waals surface area contributed by atoms with Crippen molar-refractivity contribution in [3.05, 3.63) is 96.1 Å². The summed E-state index contributed by atoms with van der Waals surface area (Å²) in [6, 6.07) is 25.7. The Labute approximate surface area is 209 Å². The summed E-state index contributed by atoms with van der Waals surface area (Å²) in [5.41, 5.74) is 2.97. The van der Waals surface area contributed by atoms with Gasteiger partial charge in [0.05, 0.1) is 11.7 Å². The lowest BCUT2D eigenvalue weighted by atomic mass is 9.97. The first-order valence-electron chi connectivity index (χ1n) is 11.7. The standard InChI is InChI=1S/C29H28O7/c1-29(2)35-25(17-24(31)22-15-13-21(14-16-22)20-9-5-3-6-10-20)27(36-29)26(34-19-30)18-33-28(32)23-11-7-4-8-12-23/h3-16,19,25-27H,17-18H2,1-2H3/t25-,26-,27+/m1/s1. The number of ketones is 1. The minimum absolute atomic E-state index is 0.00410. The van der Waals surface area contributed by atoms with Gasteiger partial charge in [-0.25, -0.2) is 4.79 Å². The van der Waals surface area contributed by atoms with E-state index in [1.165, 1.54) is 0 Å². The average Bonchev–Trinajstić information content (AvgIpc) is 3.21. The summed E-state index contributed by atoms with van der Waals surface area (Å²) in [5, 5.41) is 0. The third-order valence-corrected chi connectivity index (χ3v) is 5.91. The molecule has 36 heavy (non-hydrogen) atoms. The predicted octanol–water partition coefficient (Wildman–Crippen LogP) is 4.85. The molecule has 0 aliphatic carbocycles. The number of carbonyl (C=O) groups is 3. The van der Waals surface area contributed by atoms with E-state index in [1.807, 2.05) is 42.5 Å². The maximum Gasteiger partial charge on any atom is 0.338 e. The highest BCUT2D eigenvalue weighted by Gasteiger charge is 2.47. The van der Waals surface area contributed by atoms with Crippen LogP contribution in [-0.2, 0) is 23.7 Å². The van der Waals surface area contributed by atoms with Crippen LogP contribution in [0.25, 0.3) is 11.1 Å². The van der Waals surface area contributed by atoms with Crippen molar-refractivity contribution < 1.29 is 33.3 Å². The number of esters is 1. The second-order valence-corrected chi connectivity index (χ2v) is 8.94. The minimum atomic E-state index is -1.01. The van der Waals surface area contributed by atoms with E-state index in [-0.39, 0.29) is 25.3 Å². The Bertz CT molecular complexity index is 1170. The molecule has 1 aliphatic rings. The van der Waals surface area contributed by atoms with Crippen molar-refractivity contribution in [1.29, 1.82) is 0 Å². The van der Waals surface area contributed by atoms with Crippen molar-refractivity contribution >= 4 is 18.2 Å². The molecule has 0 N–H and O–H groups in total. The molecule has 7 nitrogen and oxygen atoms in total. The molecule has 0 unspecified atom stereocenters. The Morgan fingerprint density at radius 1 is 0.861 bits per heavy atom. The summed E-state index contributed by atoms with van der Waals surface area (Å²) < 4.78 is 22.6. The van der Waals surface area contributed by atoms with Gasteiger partial charge in [-0.1, -0.05) is 72.8 Å². The van der Waals surface area contributed by atoms with Crippen molar-refractivity contribution in [3.8, 4) is 11.1 Å². The van der Waals surface area contributed by atoms with Gasteiger partial charge in [0.25, 0.3) is 6.47 Å². The summed E-state index contributed by atoms with van der Waals surface area (Å²) in [4.78, 5) is 36.7. The van der Waals surface area contributed by atoms with Gasteiger partial charge in [-0.05, 0) is 37.1 Å². The van der Waals surface area contributed by atoms with E-state index in [4.69, 9.17) is 18.9 Å². The van der Waals surface area contributed by atoms with Gasteiger partial charge >= 0.3 is 5.97 Å². The molecule has 1 saturated heterocycles.